The average molecular weight is 442 g/mol. The molecule has 0 aromatic heterocycles. The zero-order chi connectivity index (χ0) is 22.8. The van der Waals surface area contributed by atoms with Gasteiger partial charge in [-0.1, -0.05) is 49.4 Å². The Balaban J connectivity index is 1.37. The van der Waals surface area contributed by atoms with Gasteiger partial charge in [-0.15, -0.1) is 0 Å². The Morgan fingerprint density at radius 2 is 1.76 bits per heavy atom. The number of allylic oxidation sites excluding steroid dienone is 1. The Kier molecular flexibility index (Phi) is 6.10. The molecule has 0 radical (unpaired) electrons. The summed E-state index contributed by atoms with van der Waals surface area (Å²) in [4.78, 5) is 2.48. The topological polar surface area (TPSA) is 41.9 Å². The van der Waals surface area contributed by atoms with Crippen LogP contribution in [-0.2, 0) is 0 Å². The second kappa shape index (κ2) is 9.32. The Morgan fingerprint density at radius 3 is 2.48 bits per heavy atom. The molecule has 170 valence electrons. The largest absolute Gasteiger partial charge is 0.508 e. The number of phenols is 1. The fourth-order valence-corrected chi connectivity index (χ4v) is 4.91. The Labute approximate surface area is 196 Å². The molecule has 1 saturated heterocycles. The van der Waals surface area contributed by atoms with Crippen molar-refractivity contribution in [2.75, 3.05) is 26.2 Å². The number of fused-ring (bicyclic) bond motifs is 1. The predicted octanol–water partition coefficient (Wildman–Crippen LogP) is 6.18. The quantitative estimate of drug-likeness (QED) is 0.496. The van der Waals surface area contributed by atoms with Crippen LogP contribution in [0.2, 0.25) is 0 Å². The third-order valence-electron chi connectivity index (χ3n) is 6.75. The maximum Gasteiger partial charge on any atom is 0.150 e. The maximum absolute atomic E-state index is 9.78. The molecule has 0 bridgehead atoms. The summed E-state index contributed by atoms with van der Waals surface area (Å²) >= 11 is 0. The fraction of sp³-hybridized carbons (Fsp3) is 0.310. The van der Waals surface area contributed by atoms with Gasteiger partial charge in [-0.25, -0.2) is 0 Å². The Bertz CT molecular complexity index is 1130. The lowest BCUT2D eigenvalue weighted by Gasteiger charge is -2.31. The zero-order valence-corrected chi connectivity index (χ0v) is 19.3. The molecule has 4 nitrogen and oxygen atoms in total. The van der Waals surface area contributed by atoms with Gasteiger partial charge in [-0.2, -0.15) is 0 Å². The van der Waals surface area contributed by atoms with Gasteiger partial charge in [0.1, 0.15) is 30.0 Å². The van der Waals surface area contributed by atoms with Gasteiger partial charge in [0, 0.05) is 24.2 Å². The molecule has 0 aliphatic carbocycles. The number of benzene rings is 3. The van der Waals surface area contributed by atoms with Crippen LogP contribution in [0.4, 0.5) is 0 Å². The van der Waals surface area contributed by atoms with Gasteiger partial charge in [0.2, 0.25) is 0 Å². The Morgan fingerprint density at radius 1 is 1.00 bits per heavy atom. The number of hydrogen-bond donors (Lipinski definition) is 1. The second-order valence-electron chi connectivity index (χ2n) is 9.19. The number of rotatable bonds is 6. The highest BCUT2D eigenvalue weighted by Gasteiger charge is 2.29. The van der Waals surface area contributed by atoms with E-state index in [0.29, 0.717) is 6.61 Å². The summed E-state index contributed by atoms with van der Waals surface area (Å²) in [5.74, 6) is 2.83. The van der Waals surface area contributed by atoms with Crippen molar-refractivity contribution in [1.82, 2.24) is 4.90 Å². The lowest BCUT2D eigenvalue weighted by Crippen LogP contribution is -2.25. The van der Waals surface area contributed by atoms with Crippen LogP contribution in [0.25, 0.3) is 11.1 Å². The molecule has 2 atom stereocenters. The molecular formula is C29H31NO3. The van der Waals surface area contributed by atoms with E-state index in [1.807, 2.05) is 42.5 Å². The van der Waals surface area contributed by atoms with Crippen molar-refractivity contribution in [2.24, 2.45) is 5.92 Å². The number of para-hydroxylation sites is 1. The molecule has 0 saturated carbocycles. The van der Waals surface area contributed by atoms with Crippen LogP contribution in [0.5, 0.6) is 17.2 Å². The second-order valence-corrected chi connectivity index (χ2v) is 9.19. The minimum Gasteiger partial charge on any atom is -0.508 e. The first kappa shape index (κ1) is 21.6. The summed E-state index contributed by atoms with van der Waals surface area (Å²) in [6.45, 7) is 8.49. The Hall–Kier alpha value is -3.24. The number of likely N-dealkylation sites (tertiary alicyclic amines) is 1. The molecule has 4 heteroatoms. The SMILES string of the molecule is CC1=C(c2ccc(O)cc2)C(c2ccc(OCCN3CCC(C)C3)cc2)Oc2ccccc21. The van der Waals surface area contributed by atoms with Crippen molar-refractivity contribution in [3.63, 3.8) is 0 Å². The fourth-order valence-electron chi connectivity index (χ4n) is 4.91. The maximum atomic E-state index is 9.78. The molecule has 0 spiro atoms. The normalized spacial score (nSPS) is 20.4. The van der Waals surface area contributed by atoms with Crippen LogP contribution in [-0.4, -0.2) is 36.2 Å². The van der Waals surface area contributed by atoms with Crippen LogP contribution in [0, 0.1) is 5.92 Å². The van der Waals surface area contributed by atoms with E-state index in [2.05, 4.69) is 36.9 Å². The molecule has 1 fully saturated rings. The first-order valence-corrected chi connectivity index (χ1v) is 11.8. The summed E-state index contributed by atoms with van der Waals surface area (Å²) in [7, 11) is 0. The average Bonchev–Trinajstić information content (AvgIpc) is 3.25. The molecule has 5 rings (SSSR count). The summed E-state index contributed by atoms with van der Waals surface area (Å²) in [5.41, 5.74) is 5.53. The minimum absolute atomic E-state index is 0.232. The monoisotopic (exact) mass is 441 g/mol. The molecule has 2 unspecified atom stereocenters. The van der Waals surface area contributed by atoms with Crippen LogP contribution in [0.3, 0.4) is 0 Å². The number of aromatic hydroxyl groups is 1. The molecule has 1 N–H and O–H groups in total. The van der Waals surface area contributed by atoms with Crippen LogP contribution in [0.15, 0.2) is 72.8 Å². The molecule has 3 aromatic rings. The summed E-state index contributed by atoms with van der Waals surface area (Å²) in [5, 5.41) is 9.78. The van der Waals surface area contributed by atoms with E-state index in [1.165, 1.54) is 25.1 Å². The van der Waals surface area contributed by atoms with E-state index in [4.69, 9.17) is 9.47 Å². The van der Waals surface area contributed by atoms with Crippen molar-refractivity contribution >= 4 is 11.1 Å². The lowest BCUT2D eigenvalue weighted by molar-refractivity contribution is 0.233. The number of phenolic OH excluding ortho intramolecular Hbond substituents is 1. The van der Waals surface area contributed by atoms with Gasteiger partial charge in [-0.05, 0) is 72.8 Å². The molecule has 2 aliphatic heterocycles. The van der Waals surface area contributed by atoms with Gasteiger partial charge in [0.05, 0.1) is 0 Å². The highest BCUT2D eigenvalue weighted by molar-refractivity contribution is 5.95. The van der Waals surface area contributed by atoms with E-state index >= 15 is 0 Å². The smallest absolute Gasteiger partial charge is 0.150 e. The highest BCUT2D eigenvalue weighted by Crippen LogP contribution is 2.46. The van der Waals surface area contributed by atoms with Gasteiger partial charge in [0.15, 0.2) is 0 Å². The van der Waals surface area contributed by atoms with E-state index < -0.39 is 0 Å². The number of nitrogens with zero attached hydrogens (tertiary/aromatic N) is 1. The van der Waals surface area contributed by atoms with Crippen LogP contribution in [0.1, 0.15) is 43.1 Å². The lowest BCUT2D eigenvalue weighted by atomic mass is 9.86. The van der Waals surface area contributed by atoms with Gasteiger partial charge in [-0.3, -0.25) is 4.90 Å². The van der Waals surface area contributed by atoms with Crippen molar-refractivity contribution in [3.05, 3.63) is 89.5 Å². The van der Waals surface area contributed by atoms with E-state index in [-0.39, 0.29) is 11.9 Å². The van der Waals surface area contributed by atoms with E-state index in [0.717, 1.165) is 46.2 Å². The highest BCUT2D eigenvalue weighted by atomic mass is 16.5. The van der Waals surface area contributed by atoms with Crippen molar-refractivity contribution < 1.29 is 14.6 Å². The number of hydrogen-bond acceptors (Lipinski definition) is 4. The first-order chi connectivity index (χ1) is 16.1. The first-order valence-electron chi connectivity index (χ1n) is 11.8. The van der Waals surface area contributed by atoms with E-state index in [1.54, 1.807) is 12.1 Å². The summed E-state index contributed by atoms with van der Waals surface area (Å²) in [6.07, 6.45) is 1.06. The molecular weight excluding hydrogens is 410 g/mol. The molecule has 2 aliphatic rings. The standard InChI is InChI=1S/C29H31NO3/c1-20-15-16-30(19-20)17-18-32-25-13-9-23(10-14-25)29-28(22-7-11-24(31)12-8-22)21(2)26-5-3-4-6-27(26)33-29/h3-14,20,29,31H,15-19H2,1-2H3. The zero-order valence-electron chi connectivity index (χ0n) is 19.3. The number of ether oxygens (including phenoxy) is 2. The predicted molar refractivity (Wildman–Crippen MR) is 133 cm³/mol. The minimum atomic E-state index is -0.232. The summed E-state index contributed by atoms with van der Waals surface area (Å²) < 4.78 is 12.5. The van der Waals surface area contributed by atoms with Gasteiger partial charge in [0.25, 0.3) is 0 Å². The van der Waals surface area contributed by atoms with Crippen LogP contribution < -0.4 is 9.47 Å². The molecule has 0 amide bonds. The molecule has 33 heavy (non-hydrogen) atoms. The molecule has 3 aromatic carbocycles. The summed E-state index contributed by atoms with van der Waals surface area (Å²) in [6, 6.07) is 23.8. The van der Waals surface area contributed by atoms with Crippen molar-refractivity contribution in [2.45, 2.75) is 26.4 Å². The third-order valence-corrected chi connectivity index (χ3v) is 6.75. The third kappa shape index (κ3) is 4.62. The van der Waals surface area contributed by atoms with Crippen molar-refractivity contribution in [1.29, 1.82) is 0 Å². The van der Waals surface area contributed by atoms with Gasteiger partial charge < -0.3 is 14.6 Å². The van der Waals surface area contributed by atoms with Crippen LogP contribution >= 0.6 is 0 Å². The van der Waals surface area contributed by atoms with Gasteiger partial charge >= 0.3 is 0 Å². The van der Waals surface area contributed by atoms with Crippen molar-refractivity contribution in [3.8, 4) is 17.2 Å². The molecule has 2 heterocycles. The van der Waals surface area contributed by atoms with E-state index in [9.17, 15) is 5.11 Å².